The number of hydrogen-bond acceptors (Lipinski definition) is 3. The van der Waals surface area contributed by atoms with Crippen molar-refractivity contribution < 1.29 is 19.5 Å². The van der Waals surface area contributed by atoms with Gasteiger partial charge in [0.1, 0.15) is 18.8 Å². The van der Waals surface area contributed by atoms with E-state index in [1.54, 1.807) is 23.7 Å². The van der Waals surface area contributed by atoms with Gasteiger partial charge in [0.2, 0.25) is 5.91 Å². The Morgan fingerprint density at radius 2 is 1.94 bits per heavy atom. The molecule has 0 bridgehead atoms. The van der Waals surface area contributed by atoms with Crippen molar-refractivity contribution in [2.75, 3.05) is 13.1 Å². The van der Waals surface area contributed by atoms with Crippen LogP contribution < -0.4 is 5.73 Å². The van der Waals surface area contributed by atoms with E-state index in [1.807, 2.05) is 6.92 Å². The second-order valence-corrected chi connectivity index (χ2v) is 3.94. The standard InChI is InChI=1S/C11H15N3O4/c1-7-3-4-8(13(7)2)11(18)14(5-9(12)15)6-10(16)17/h3-4H,5-6H2,1-2H3,(H2,12,15)(H,16,17). The number of aryl methyl sites for hydroxylation is 1. The van der Waals surface area contributed by atoms with Gasteiger partial charge in [-0.3, -0.25) is 14.4 Å². The zero-order chi connectivity index (χ0) is 13.9. The van der Waals surface area contributed by atoms with Gasteiger partial charge in [0, 0.05) is 12.7 Å². The quantitative estimate of drug-likeness (QED) is 0.727. The molecule has 0 aliphatic rings. The number of amides is 2. The number of carboxylic acids is 1. The molecule has 3 N–H and O–H groups in total. The molecule has 0 saturated carbocycles. The number of hydrogen-bond donors (Lipinski definition) is 2. The van der Waals surface area contributed by atoms with Gasteiger partial charge in [-0.05, 0) is 19.1 Å². The van der Waals surface area contributed by atoms with Crippen molar-refractivity contribution in [3.63, 3.8) is 0 Å². The van der Waals surface area contributed by atoms with Crippen LogP contribution in [0, 0.1) is 6.92 Å². The molecule has 0 aliphatic heterocycles. The molecule has 0 radical (unpaired) electrons. The molecule has 0 spiro atoms. The molecule has 0 aliphatic carbocycles. The van der Waals surface area contributed by atoms with Gasteiger partial charge in [0.25, 0.3) is 5.91 Å². The molecular formula is C11H15N3O4. The summed E-state index contributed by atoms with van der Waals surface area (Å²) in [6.07, 6.45) is 0. The normalized spacial score (nSPS) is 10.1. The van der Waals surface area contributed by atoms with Crippen LogP contribution in [0.2, 0.25) is 0 Å². The van der Waals surface area contributed by atoms with Crippen molar-refractivity contribution in [1.29, 1.82) is 0 Å². The molecule has 98 valence electrons. The predicted octanol–water partition coefficient (Wildman–Crippen LogP) is -0.654. The fourth-order valence-electron chi connectivity index (χ4n) is 1.54. The highest BCUT2D eigenvalue weighted by Gasteiger charge is 2.22. The molecule has 0 saturated heterocycles. The minimum Gasteiger partial charge on any atom is -0.480 e. The zero-order valence-corrected chi connectivity index (χ0v) is 10.2. The summed E-state index contributed by atoms with van der Waals surface area (Å²) in [5, 5.41) is 8.71. The molecule has 0 atom stereocenters. The minimum absolute atomic E-state index is 0.315. The van der Waals surface area contributed by atoms with Crippen molar-refractivity contribution in [3.05, 3.63) is 23.5 Å². The third kappa shape index (κ3) is 3.09. The molecule has 0 unspecified atom stereocenters. The molecule has 1 rings (SSSR count). The van der Waals surface area contributed by atoms with Crippen LogP contribution in [-0.2, 0) is 16.6 Å². The number of rotatable bonds is 5. The fourth-order valence-corrected chi connectivity index (χ4v) is 1.54. The van der Waals surface area contributed by atoms with Gasteiger partial charge in [0.05, 0.1) is 0 Å². The van der Waals surface area contributed by atoms with Crippen LogP contribution in [0.25, 0.3) is 0 Å². The number of aliphatic carboxylic acids is 1. The molecule has 7 heteroatoms. The van der Waals surface area contributed by atoms with Gasteiger partial charge in [0.15, 0.2) is 0 Å². The van der Waals surface area contributed by atoms with Crippen LogP contribution in [0.1, 0.15) is 16.2 Å². The largest absolute Gasteiger partial charge is 0.480 e. The summed E-state index contributed by atoms with van der Waals surface area (Å²) >= 11 is 0. The van der Waals surface area contributed by atoms with Gasteiger partial charge in [-0.1, -0.05) is 0 Å². The maximum absolute atomic E-state index is 12.1. The zero-order valence-electron chi connectivity index (χ0n) is 10.2. The summed E-state index contributed by atoms with van der Waals surface area (Å²) in [5.74, 6) is -2.49. The van der Waals surface area contributed by atoms with Crippen LogP contribution in [-0.4, -0.2) is 45.4 Å². The average Bonchev–Trinajstić information content (AvgIpc) is 2.56. The van der Waals surface area contributed by atoms with Gasteiger partial charge in [-0.15, -0.1) is 0 Å². The van der Waals surface area contributed by atoms with E-state index in [4.69, 9.17) is 10.8 Å². The molecule has 7 nitrogen and oxygen atoms in total. The minimum atomic E-state index is -1.20. The van der Waals surface area contributed by atoms with Crippen molar-refractivity contribution in [3.8, 4) is 0 Å². The van der Waals surface area contributed by atoms with Crippen molar-refractivity contribution >= 4 is 17.8 Å². The Bertz CT molecular complexity index is 476. The Balaban J connectivity index is 2.98. The SMILES string of the molecule is Cc1ccc(C(=O)N(CC(N)=O)CC(=O)O)n1C. The Kier molecular flexibility index (Phi) is 4.09. The Morgan fingerprint density at radius 1 is 1.33 bits per heavy atom. The first kappa shape index (κ1) is 13.8. The first-order chi connectivity index (χ1) is 8.32. The topological polar surface area (TPSA) is 106 Å². The van der Waals surface area contributed by atoms with E-state index in [9.17, 15) is 14.4 Å². The second-order valence-electron chi connectivity index (χ2n) is 3.94. The molecule has 1 aromatic heterocycles. The maximum atomic E-state index is 12.1. The number of aromatic nitrogens is 1. The first-order valence-corrected chi connectivity index (χ1v) is 5.24. The highest BCUT2D eigenvalue weighted by molar-refractivity contribution is 5.96. The Hall–Kier alpha value is -2.31. The van der Waals surface area contributed by atoms with Gasteiger partial charge < -0.3 is 20.3 Å². The van der Waals surface area contributed by atoms with Gasteiger partial charge >= 0.3 is 5.97 Å². The number of nitrogens with zero attached hydrogens (tertiary/aromatic N) is 2. The maximum Gasteiger partial charge on any atom is 0.323 e. The monoisotopic (exact) mass is 253 g/mol. The number of carbonyl (C=O) groups is 3. The molecule has 1 aromatic rings. The molecular weight excluding hydrogens is 238 g/mol. The lowest BCUT2D eigenvalue weighted by atomic mass is 10.3. The number of carboxylic acid groups (broad SMARTS) is 1. The van der Waals surface area contributed by atoms with E-state index in [0.29, 0.717) is 5.69 Å². The first-order valence-electron chi connectivity index (χ1n) is 5.24. The van der Waals surface area contributed by atoms with Crippen LogP contribution in [0.4, 0.5) is 0 Å². The molecule has 18 heavy (non-hydrogen) atoms. The van der Waals surface area contributed by atoms with E-state index in [2.05, 4.69) is 0 Å². The lowest BCUT2D eigenvalue weighted by molar-refractivity contribution is -0.138. The van der Waals surface area contributed by atoms with E-state index in [1.165, 1.54) is 0 Å². The smallest absolute Gasteiger partial charge is 0.323 e. The Labute approximate surface area is 104 Å². The van der Waals surface area contributed by atoms with Crippen molar-refractivity contribution in [1.82, 2.24) is 9.47 Å². The van der Waals surface area contributed by atoms with Crippen LogP contribution >= 0.6 is 0 Å². The third-order valence-electron chi connectivity index (χ3n) is 2.55. The number of nitrogens with two attached hydrogens (primary N) is 1. The lowest BCUT2D eigenvalue weighted by Crippen LogP contribution is -2.42. The Morgan fingerprint density at radius 3 is 2.33 bits per heavy atom. The van der Waals surface area contributed by atoms with Crippen LogP contribution in [0.15, 0.2) is 12.1 Å². The average molecular weight is 253 g/mol. The molecule has 0 fully saturated rings. The highest BCUT2D eigenvalue weighted by Crippen LogP contribution is 2.09. The molecule has 0 aromatic carbocycles. The number of primary amides is 1. The van der Waals surface area contributed by atoms with E-state index >= 15 is 0 Å². The van der Waals surface area contributed by atoms with Crippen molar-refractivity contribution in [2.45, 2.75) is 6.92 Å². The lowest BCUT2D eigenvalue weighted by Gasteiger charge is -2.19. The molecule has 2 amide bonds. The van der Waals surface area contributed by atoms with Gasteiger partial charge in [-0.25, -0.2) is 0 Å². The van der Waals surface area contributed by atoms with E-state index in [0.717, 1.165) is 10.6 Å². The van der Waals surface area contributed by atoms with E-state index < -0.39 is 30.9 Å². The van der Waals surface area contributed by atoms with Crippen molar-refractivity contribution in [2.24, 2.45) is 12.8 Å². The summed E-state index contributed by atoms with van der Waals surface area (Å²) in [5.41, 5.74) is 6.16. The third-order valence-corrected chi connectivity index (χ3v) is 2.55. The predicted molar refractivity (Wildman–Crippen MR) is 62.9 cm³/mol. The van der Waals surface area contributed by atoms with Crippen LogP contribution in [0.5, 0.6) is 0 Å². The van der Waals surface area contributed by atoms with Gasteiger partial charge in [-0.2, -0.15) is 0 Å². The highest BCUT2D eigenvalue weighted by atomic mass is 16.4. The summed E-state index contributed by atoms with van der Waals surface area (Å²) < 4.78 is 1.62. The van der Waals surface area contributed by atoms with E-state index in [-0.39, 0.29) is 0 Å². The number of carbonyl (C=O) groups excluding carboxylic acids is 2. The van der Waals surface area contributed by atoms with Crippen LogP contribution in [0.3, 0.4) is 0 Å². The second kappa shape index (κ2) is 5.35. The summed E-state index contributed by atoms with van der Waals surface area (Å²) in [6, 6.07) is 3.31. The summed E-state index contributed by atoms with van der Waals surface area (Å²) in [4.78, 5) is 34.5. The summed E-state index contributed by atoms with van der Waals surface area (Å²) in [6.45, 7) is 0.827. The summed E-state index contributed by atoms with van der Waals surface area (Å²) in [7, 11) is 1.69. The fraction of sp³-hybridized carbons (Fsp3) is 0.364. The molecule has 1 heterocycles.